The number of hydrogen-bond donors (Lipinski definition) is 4. The van der Waals surface area contributed by atoms with Gasteiger partial charge in [0.05, 0.1) is 6.20 Å². The maximum absolute atomic E-state index is 10.3. The van der Waals surface area contributed by atoms with Crippen LogP contribution in [0.1, 0.15) is 10.5 Å². The lowest BCUT2D eigenvalue weighted by molar-refractivity contribution is 0.0994. The van der Waals surface area contributed by atoms with E-state index in [4.69, 9.17) is 25.0 Å². The number of nitrogens with two attached hydrogens (primary N) is 1. The van der Waals surface area contributed by atoms with E-state index >= 15 is 0 Å². The van der Waals surface area contributed by atoms with Crippen LogP contribution in [0.4, 0.5) is 0 Å². The largest absolute Gasteiger partial charge is 0.466 e. The number of carbonyl (C=O) groups excluding carboxylic acids is 1. The third-order valence-corrected chi connectivity index (χ3v) is 0.756. The summed E-state index contributed by atoms with van der Waals surface area (Å²) in [4.78, 5) is 31.9. The second kappa shape index (κ2) is 5.35. The van der Waals surface area contributed by atoms with Crippen LogP contribution in [0.25, 0.3) is 0 Å². The van der Waals surface area contributed by atoms with E-state index in [0.29, 0.717) is 0 Å². The summed E-state index contributed by atoms with van der Waals surface area (Å²) < 4.78 is 8.88. The maximum Gasteiger partial charge on any atom is 0.466 e. The second-order valence-electron chi connectivity index (χ2n) is 1.88. The molecule has 1 rings (SSSR count). The number of phosphoric acid groups is 1. The summed E-state index contributed by atoms with van der Waals surface area (Å²) in [6, 6.07) is 1.40. The average molecular weight is 222 g/mol. The van der Waals surface area contributed by atoms with Crippen molar-refractivity contribution in [2.45, 2.75) is 0 Å². The van der Waals surface area contributed by atoms with Gasteiger partial charge < -0.3 is 20.4 Å². The monoisotopic (exact) mass is 222 g/mol. The van der Waals surface area contributed by atoms with E-state index in [9.17, 15) is 4.79 Å². The molecular weight excluding hydrogens is 215 g/mol. The zero-order chi connectivity index (χ0) is 11.2. The molecule has 9 nitrogen and oxygen atoms in total. The molecule has 0 fully saturated rings. The van der Waals surface area contributed by atoms with Crippen LogP contribution in [0.5, 0.6) is 0 Å². The fourth-order valence-electron chi connectivity index (χ4n) is 0.372. The molecule has 0 aliphatic carbocycles. The van der Waals surface area contributed by atoms with E-state index in [0.717, 1.165) is 0 Å². The first-order chi connectivity index (χ1) is 6.30. The predicted octanol–water partition coefficient (Wildman–Crippen LogP) is -1.96. The summed E-state index contributed by atoms with van der Waals surface area (Å²) in [5.74, 6) is -0.593. The van der Waals surface area contributed by atoms with Crippen LogP contribution >= 0.6 is 7.82 Å². The molecule has 1 heterocycles. The summed E-state index contributed by atoms with van der Waals surface area (Å²) in [5, 5.41) is 9.91. The molecule has 10 heteroatoms. The molecule has 14 heavy (non-hydrogen) atoms. The highest BCUT2D eigenvalue weighted by molar-refractivity contribution is 7.45. The number of primary amides is 1. The van der Waals surface area contributed by atoms with Gasteiger partial charge >= 0.3 is 7.82 Å². The Morgan fingerprint density at radius 2 is 1.93 bits per heavy atom. The van der Waals surface area contributed by atoms with Crippen molar-refractivity contribution >= 4 is 13.7 Å². The molecule has 5 N–H and O–H groups in total. The summed E-state index contributed by atoms with van der Waals surface area (Å²) >= 11 is 0. The zero-order valence-electron chi connectivity index (χ0n) is 6.68. The molecule has 0 aliphatic heterocycles. The minimum Gasteiger partial charge on any atom is -0.364 e. The first kappa shape index (κ1) is 12.6. The van der Waals surface area contributed by atoms with E-state index in [-0.39, 0.29) is 5.69 Å². The van der Waals surface area contributed by atoms with Crippen LogP contribution in [0.15, 0.2) is 12.3 Å². The lowest BCUT2D eigenvalue weighted by Crippen LogP contribution is -2.13. The number of nitrogens with zero attached hydrogens (tertiary/aromatic N) is 3. The highest BCUT2D eigenvalue weighted by Gasteiger charge is 2.00. The average Bonchev–Trinajstić information content (AvgIpc) is 2.03. The van der Waals surface area contributed by atoms with Crippen molar-refractivity contribution in [1.82, 2.24) is 15.4 Å². The van der Waals surface area contributed by atoms with Crippen LogP contribution < -0.4 is 5.73 Å². The molecule has 0 saturated carbocycles. The third kappa shape index (κ3) is 8.68. The van der Waals surface area contributed by atoms with E-state index in [1.165, 1.54) is 12.3 Å². The van der Waals surface area contributed by atoms with Crippen LogP contribution in [0, 0.1) is 0 Å². The van der Waals surface area contributed by atoms with Crippen molar-refractivity contribution in [3.8, 4) is 0 Å². The number of carbonyl (C=O) groups is 1. The SMILES string of the molecule is NC(=O)c1ccnnn1.O=P(O)(O)O. The highest BCUT2D eigenvalue weighted by Crippen LogP contribution is 2.25. The van der Waals surface area contributed by atoms with Crippen molar-refractivity contribution in [2.24, 2.45) is 5.73 Å². The van der Waals surface area contributed by atoms with Gasteiger partial charge in [-0.15, -0.1) is 10.2 Å². The van der Waals surface area contributed by atoms with Crippen LogP contribution in [-0.4, -0.2) is 36.0 Å². The van der Waals surface area contributed by atoms with E-state index < -0.39 is 13.7 Å². The van der Waals surface area contributed by atoms with Gasteiger partial charge in [0.15, 0.2) is 5.69 Å². The molecule has 0 aromatic carbocycles. The lowest BCUT2D eigenvalue weighted by atomic mass is 10.4. The van der Waals surface area contributed by atoms with Gasteiger partial charge in [-0.25, -0.2) is 4.57 Å². The minimum atomic E-state index is -4.64. The molecule has 1 amide bonds. The lowest BCUT2D eigenvalue weighted by Gasteiger charge is -1.86. The summed E-state index contributed by atoms with van der Waals surface area (Å²) in [6.07, 6.45) is 1.35. The smallest absolute Gasteiger partial charge is 0.364 e. The van der Waals surface area contributed by atoms with Gasteiger partial charge in [-0.3, -0.25) is 4.79 Å². The van der Waals surface area contributed by atoms with Crippen molar-refractivity contribution in [3.63, 3.8) is 0 Å². The van der Waals surface area contributed by atoms with Crippen molar-refractivity contribution in [2.75, 3.05) is 0 Å². The Morgan fingerprint density at radius 1 is 1.43 bits per heavy atom. The Balaban J connectivity index is 0.000000292. The van der Waals surface area contributed by atoms with Crippen LogP contribution in [-0.2, 0) is 4.57 Å². The Hall–Kier alpha value is -1.41. The molecule has 0 unspecified atom stereocenters. The Bertz CT molecular complexity index is 329. The van der Waals surface area contributed by atoms with Crippen molar-refractivity contribution < 1.29 is 24.0 Å². The molecule has 0 atom stereocenters. The molecule has 0 bridgehead atoms. The van der Waals surface area contributed by atoms with Gasteiger partial charge in [0.25, 0.3) is 5.91 Å². The standard InChI is InChI=1S/C4H4N4O.H3O4P/c5-4(9)3-1-2-6-8-7-3;1-5(2,3)4/h1-2H,(H2,5,9);(H3,1,2,3,4). The fourth-order valence-corrected chi connectivity index (χ4v) is 0.372. The number of amides is 1. The summed E-state index contributed by atoms with van der Waals surface area (Å²) in [5.41, 5.74) is 4.97. The Morgan fingerprint density at radius 3 is 2.14 bits per heavy atom. The van der Waals surface area contributed by atoms with E-state index in [1.54, 1.807) is 0 Å². The van der Waals surface area contributed by atoms with Crippen LogP contribution in [0.3, 0.4) is 0 Å². The van der Waals surface area contributed by atoms with Crippen LogP contribution in [0.2, 0.25) is 0 Å². The Labute approximate surface area is 77.8 Å². The van der Waals surface area contributed by atoms with Gasteiger partial charge in [-0.05, 0) is 11.3 Å². The predicted molar refractivity (Wildman–Crippen MR) is 42.6 cm³/mol. The third-order valence-electron chi connectivity index (χ3n) is 0.756. The van der Waals surface area contributed by atoms with Gasteiger partial charge in [0.2, 0.25) is 0 Å². The highest BCUT2D eigenvalue weighted by atomic mass is 31.2. The van der Waals surface area contributed by atoms with E-state index in [2.05, 4.69) is 15.4 Å². The molecule has 0 spiro atoms. The number of rotatable bonds is 1. The zero-order valence-corrected chi connectivity index (χ0v) is 7.57. The topological polar surface area (TPSA) is 160 Å². The second-order valence-corrected chi connectivity index (χ2v) is 2.91. The van der Waals surface area contributed by atoms with Gasteiger partial charge in [0, 0.05) is 0 Å². The van der Waals surface area contributed by atoms with Crippen molar-refractivity contribution in [1.29, 1.82) is 0 Å². The molecule has 1 aromatic heterocycles. The summed E-state index contributed by atoms with van der Waals surface area (Å²) in [7, 11) is -4.64. The van der Waals surface area contributed by atoms with Crippen molar-refractivity contribution in [3.05, 3.63) is 18.0 Å². The summed E-state index contributed by atoms with van der Waals surface area (Å²) in [6.45, 7) is 0. The first-order valence-electron chi connectivity index (χ1n) is 3.03. The van der Waals surface area contributed by atoms with E-state index in [1.807, 2.05) is 0 Å². The maximum atomic E-state index is 10.3. The normalized spacial score (nSPS) is 9.93. The van der Waals surface area contributed by atoms with Gasteiger partial charge in [-0.1, -0.05) is 0 Å². The molecule has 78 valence electrons. The fraction of sp³-hybridized carbons (Fsp3) is 0. The first-order valence-corrected chi connectivity index (χ1v) is 4.59. The number of hydrogen-bond acceptors (Lipinski definition) is 5. The molecule has 0 aliphatic rings. The quantitative estimate of drug-likeness (QED) is 0.398. The van der Waals surface area contributed by atoms with Gasteiger partial charge in [-0.2, -0.15) is 0 Å². The molecule has 0 radical (unpaired) electrons. The molecule has 0 saturated heterocycles. The molecule has 1 aromatic rings. The molecular formula is C4H7N4O5P. The number of aromatic nitrogens is 3. The minimum absolute atomic E-state index is 0.130. The van der Waals surface area contributed by atoms with Gasteiger partial charge in [0.1, 0.15) is 0 Å². The Kier molecular flexibility index (Phi) is 4.81.